The number of hydrogen-bond donors (Lipinski definition) is 1. The summed E-state index contributed by atoms with van der Waals surface area (Å²) in [6.07, 6.45) is 3.11. The van der Waals surface area contributed by atoms with Crippen molar-refractivity contribution in [2.24, 2.45) is 11.8 Å². The molecule has 0 bridgehead atoms. The van der Waals surface area contributed by atoms with Gasteiger partial charge in [0.15, 0.2) is 5.78 Å². The number of piperidine rings is 1. The molecule has 2 fully saturated rings. The zero-order valence-corrected chi connectivity index (χ0v) is 19.5. The van der Waals surface area contributed by atoms with Crippen LogP contribution in [0, 0.1) is 11.8 Å². The van der Waals surface area contributed by atoms with Gasteiger partial charge in [0, 0.05) is 29.6 Å². The standard InChI is InChI=1S/C24H27ClN2O4S/c1-16(28)20-3-2-4-22(15-20)32(30,31)27-13-11-19(12-14-27)24(29)26-23(17-5-6-17)18-7-9-21(25)10-8-18/h2-4,7-10,15,17,19,23H,5-6,11-14H2,1H3,(H,26,29)/t23-/m1/s1. The topological polar surface area (TPSA) is 83.6 Å². The summed E-state index contributed by atoms with van der Waals surface area (Å²) in [6.45, 7) is 1.97. The van der Waals surface area contributed by atoms with Crippen LogP contribution in [0.25, 0.3) is 0 Å². The summed E-state index contributed by atoms with van der Waals surface area (Å²) < 4.78 is 27.5. The lowest BCUT2D eigenvalue weighted by Gasteiger charge is -2.31. The minimum Gasteiger partial charge on any atom is -0.349 e. The third kappa shape index (κ3) is 5.05. The van der Waals surface area contributed by atoms with Crippen LogP contribution in [0.3, 0.4) is 0 Å². The van der Waals surface area contributed by atoms with E-state index in [9.17, 15) is 18.0 Å². The number of sulfonamides is 1. The Bertz CT molecular complexity index is 1110. The molecule has 1 saturated heterocycles. The first-order chi connectivity index (χ1) is 15.3. The van der Waals surface area contributed by atoms with Crippen molar-refractivity contribution in [3.8, 4) is 0 Å². The molecule has 0 spiro atoms. The summed E-state index contributed by atoms with van der Waals surface area (Å²) in [4.78, 5) is 24.7. The van der Waals surface area contributed by atoms with Crippen molar-refractivity contribution in [1.82, 2.24) is 9.62 Å². The number of hydrogen-bond acceptors (Lipinski definition) is 4. The van der Waals surface area contributed by atoms with Gasteiger partial charge in [-0.15, -0.1) is 0 Å². The van der Waals surface area contributed by atoms with Crippen LogP contribution in [0.5, 0.6) is 0 Å². The van der Waals surface area contributed by atoms with Crippen molar-refractivity contribution in [2.45, 2.75) is 43.5 Å². The van der Waals surface area contributed by atoms with E-state index < -0.39 is 10.0 Å². The molecule has 170 valence electrons. The highest BCUT2D eigenvalue weighted by Crippen LogP contribution is 2.41. The van der Waals surface area contributed by atoms with Crippen molar-refractivity contribution in [2.75, 3.05) is 13.1 Å². The third-order valence-electron chi connectivity index (χ3n) is 6.32. The molecule has 1 atom stereocenters. The molecule has 4 rings (SSSR count). The SMILES string of the molecule is CC(=O)c1cccc(S(=O)(=O)N2CCC(C(=O)N[C@@H](c3ccc(Cl)cc3)C3CC3)CC2)c1. The van der Waals surface area contributed by atoms with Gasteiger partial charge >= 0.3 is 0 Å². The molecule has 1 heterocycles. The zero-order valence-electron chi connectivity index (χ0n) is 18.0. The van der Waals surface area contributed by atoms with Gasteiger partial charge in [-0.3, -0.25) is 9.59 Å². The maximum atomic E-state index is 13.0. The number of Topliss-reactive ketones (excluding diaryl/α,β-unsaturated/α-hetero) is 1. The molecule has 2 aliphatic rings. The number of halogens is 1. The van der Waals surface area contributed by atoms with E-state index in [0.717, 1.165) is 18.4 Å². The summed E-state index contributed by atoms with van der Waals surface area (Å²) in [7, 11) is -3.70. The Labute approximate surface area is 194 Å². The van der Waals surface area contributed by atoms with Crippen molar-refractivity contribution < 1.29 is 18.0 Å². The van der Waals surface area contributed by atoms with Gasteiger partial charge < -0.3 is 5.32 Å². The highest BCUT2D eigenvalue weighted by molar-refractivity contribution is 7.89. The van der Waals surface area contributed by atoms with Gasteiger partial charge in [0.05, 0.1) is 10.9 Å². The fraction of sp³-hybridized carbons (Fsp3) is 0.417. The summed E-state index contributed by atoms with van der Waals surface area (Å²) >= 11 is 6.00. The van der Waals surface area contributed by atoms with Crippen LogP contribution in [-0.2, 0) is 14.8 Å². The second-order valence-corrected chi connectivity index (χ2v) is 11.0. The number of benzene rings is 2. The number of ketones is 1. The van der Waals surface area contributed by atoms with Crippen LogP contribution in [0.4, 0.5) is 0 Å². The van der Waals surface area contributed by atoms with Gasteiger partial charge in [-0.1, -0.05) is 35.9 Å². The van der Waals surface area contributed by atoms with E-state index in [4.69, 9.17) is 11.6 Å². The van der Waals surface area contributed by atoms with Crippen LogP contribution >= 0.6 is 11.6 Å². The molecule has 1 aliphatic heterocycles. The summed E-state index contributed by atoms with van der Waals surface area (Å²) in [5.74, 6) is 0.0171. The molecule has 0 aromatic heterocycles. The Morgan fingerprint density at radius 3 is 2.28 bits per heavy atom. The van der Waals surface area contributed by atoms with Gasteiger partial charge in [-0.05, 0) is 68.4 Å². The van der Waals surface area contributed by atoms with Gasteiger partial charge in [0.2, 0.25) is 15.9 Å². The molecule has 32 heavy (non-hydrogen) atoms. The van der Waals surface area contributed by atoms with E-state index in [1.807, 2.05) is 24.3 Å². The smallest absolute Gasteiger partial charge is 0.243 e. The van der Waals surface area contributed by atoms with Crippen molar-refractivity contribution in [3.05, 3.63) is 64.7 Å². The van der Waals surface area contributed by atoms with Gasteiger partial charge in [-0.2, -0.15) is 4.31 Å². The molecule has 6 nitrogen and oxygen atoms in total. The minimum absolute atomic E-state index is 0.0209. The summed E-state index contributed by atoms with van der Waals surface area (Å²) in [6, 6.07) is 13.7. The highest BCUT2D eigenvalue weighted by Gasteiger charge is 2.37. The summed E-state index contributed by atoms with van der Waals surface area (Å²) in [5.41, 5.74) is 1.42. The number of carbonyl (C=O) groups is 2. The molecular weight excluding hydrogens is 448 g/mol. The molecule has 1 N–H and O–H groups in total. The Balaban J connectivity index is 1.39. The predicted molar refractivity (Wildman–Crippen MR) is 123 cm³/mol. The molecule has 0 unspecified atom stereocenters. The van der Waals surface area contributed by atoms with E-state index in [1.165, 1.54) is 23.4 Å². The first kappa shape index (κ1) is 23.0. The minimum atomic E-state index is -3.70. The monoisotopic (exact) mass is 474 g/mol. The van der Waals surface area contributed by atoms with Gasteiger partial charge in [0.1, 0.15) is 0 Å². The number of rotatable bonds is 7. The van der Waals surface area contributed by atoms with Crippen LogP contribution in [0.15, 0.2) is 53.4 Å². The Hall–Kier alpha value is -2.22. The molecular formula is C24H27ClN2O4S. The molecule has 0 radical (unpaired) electrons. The quantitative estimate of drug-likeness (QED) is 0.609. The number of carbonyl (C=O) groups excluding carboxylic acids is 2. The molecule has 1 aliphatic carbocycles. The first-order valence-electron chi connectivity index (χ1n) is 10.9. The van der Waals surface area contributed by atoms with E-state index in [-0.39, 0.29) is 41.6 Å². The third-order valence-corrected chi connectivity index (χ3v) is 8.47. The van der Waals surface area contributed by atoms with Crippen LogP contribution < -0.4 is 5.32 Å². The molecule has 1 saturated carbocycles. The summed E-state index contributed by atoms with van der Waals surface area (Å²) in [5, 5.41) is 3.87. The van der Waals surface area contributed by atoms with Crippen molar-refractivity contribution >= 4 is 33.3 Å². The van der Waals surface area contributed by atoms with E-state index in [0.29, 0.717) is 29.3 Å². The lowest BCUT2D eigenvalue weighted by Crippen LogP contribution is -2.44. The highest BCUT2D eigenvalue weighted by atomic mass is 35.5. The number of amides is 1. The fourth-order valence-electron chi connectivity index (χ4n) is 4.23. The van der Waals surface area contributed by atoms with E-state index >= 15 is 0 Å². The lowest BCUT2D eigenvalue weighted by molar-refractivity contribution is -0.127. The van der Waals surface area contributed by atoms with Gasteiger partial charge in [-0.25, -0.2) is 8.42 Å². The average Bonchev–Trinajstić information content (AvgIpc) is 3.63. The number of nitrogens with zero attached hydrogens (tertiary/aromatic N) is 1. The largest absolute Gasteiger partial charge is 0.349 e. The van der Waals surface area contributed by atoms with Crippen LogP contribution in [0.2, 0.25) is 5.02 Å². The Morgan fingerprint density at radius 2 is 1.69 bits per heavy atom. The predicted octanol–water partition coefficient (Wildman–Crippen LogP) is 4.21. The molecule has 2 aromatic rings. The Morgan fingerprint density at radius 1 is 1.03 bits per heavy atom. The van der Waals surface area contributed by atoms with E-state index in [1.54, 1.807) is 12.1 Å². The van der Waals surface area contributed by atoms with Crippen molar-refractivity contribution in [3.63, 3.8) is 0 Å². The van der Waals surface area contributed by atoms with Gasteiger partial charge in [0.25, 0.3) is 0 Å². The molecule has 2 aromatic carbocycles. The lowest BCUT2D eigenvalue weighted by atomic mass is 9.95. The average molecular weight is 475 g/mol. The fourth-order valence-corrected chi connectivity index (χ4v) is 5.87. The number of nitrogens with one attached hydrogen (secondary N) is 1. The normalized spacial score (nSPS) is 18.8. The molecule has 1 amide bonds. The second kappa shape index (κ2) is 9.33. The molecule has 8 heteroatoms. The van der Waals surface area contributed by atoms with E-state index in [2.05, 4.69) is 5.32 Å². The van der Waals surface area contributed by atoms with Crippen LogP contribution in [-0.4, -0.2) is 37.5 Å². The maximum absolute atomic E-state index is 13.0. The van der Waals surface area contributed by atoms with Crippen molar-refractivity contribution in [1.29, 1.82) is 0 Å². The maximum Gasteiger partial charge on any atom is 0.243 e. The Kier molecular flexibility index (Phi) is 6.70. The zero-order chi connectivity index (χ0) is 22.9. The van der Waals surface area contributed by atoms with Crippen LogP contribution in [0.1, 0.15) is 54.6 Å². The second-order valence-electron chi connectivity index (χ2n) is 8.64. The first-order valence-corrected chi connectivity index (χ1v) is 12.7.